The van der Waals surface area contributed by atoms with E-state index in [4.69, 9.17) is 11.6 Å². The molecule has 0 bridgehead atoms. The van der Waals surface area contributed by atoms with Gasteiger partial charge in [-0.1, -0.05) is 18.5 Å². The van der Waals surface area contributed by atoms with Gasteiger partial charge in [0.15, 0.2) is 0 Å². The molecular weight excluding hydrogens is 398 g/mol. The summed E-state index contributed by atoms with van der Waals surface area (Å²) in [6.07, 6.45) is 3.58. The van der Waals surface area contributed by atoms with E-state index in [0.717, 1.165) is 63.6 Å². The first-order chi connectivity index (χ1) is 14.6. The van der Waals surface area contributed by atoms with Gasteiger partial charge in [0.25, 0.3) is 0 Å². The highest BCUT2D eigenvalue weighted by atomic mass is 35.5. The predicted octanol–water partition coefficient (Wildman–Crippen LogP) is 3.73. The Morgan fingerprint density at radius 1 is 1.10 bits per heavy atom. The van der Waals surface area contributed by atoms with Gasteiger partial charge < -0.3 is 20.0 Å². The molecule has 0 unspecified atom stereocenters. The smallest absolute Gasteiger partial charge is 0.229 e. The van der Waals surface area contributed by atoms with Gasteiger partial charge in [-0.25, -0.2) is 4.98 Å². The van der Waals surface area contributed by atoms with Crippen LogP contribution in [0, 0.1) is 5.92 Å². The van der Waals surface area contributed by atoms with E-state index < -0.39 is 0 Å². The highest BCUT2D eigenvalue weighted by Crippen LogP contribution is 2.28. The maximum Gasteiger partial charge on any atom is 0.229 e. The van der Waals surface area contributed by atoms with Crippen molar-refractivity contribution < 1.29 is 4.79 Å². The zero-order valence-electron chi connectivity index (χ0n) is 17.6. The van der Waals surface area contributed by atoms with E-state index in [-0.39, 0.29) is 11.8 Å². The van der Waals surface area contributed by atoms with Crippen molar-refractivity contribution in [1.29, 1.82) is 0 Å². The van der Waals surface area contributed by atoms with E-state index in [1.165, 1.54) is 5.69 Å². The first-order valence-electron chi connectivity index (χ1n) is 10.9. The number of piperidine rings is 1. The van der Waals surface area contributed by atoms with Crippen LogP contribution in [0.25, 0.3) is 0 Å². The van der Waals surface area contributed by atoms with Crippen molar-refractivity contribution >= 4 is 34.7 Å². The van der Waals surface area contributed by atoms with Crippen molar-refractivity contribution in [3.8, 4) is 0 Å². The zero-order valence-corrected chi connectivity index (χ0v) is 18.3. The van der Waals surface area contributed by atoms with Gasteiger partial charge in [-0.05, 0) is 55.8 Å². The second kappa shape index (κ2) is 9.67. The van der Waals surface area contributed by atoms with Crippen molar-refractivity contribution in [3.63, 3.8) is 0 Å². The van der Waals surface area contributed by atoms with Crippen LogP contribution >= 0.6 is 11.6 Å². The normalized spacial score (nSPS) is 20.3. The SMILES string of the molecule is CCN1CCN(c2ccc(NC(=O)[C@@H]3CCCN(c4ncccc4Cl)C3)cc2)CC1. The van der Waals surface area contributed by atoms with E-state index in [0.29, 0.717) is 11.6 Å². The summed E-state index contributed by atoms with van der Waals surface area (Å²) in [4.78, 5) is 24.3. The molecule has 4 rings (SSSR count). The predicted molar refractivity (Wildman–Crippen MR) is 124 cm³/mol. The Morgan fingerprint density at radius 3 is 2.57 bits per heavy atom. The molecule has 160 valence electrons. The van der Waals surface area contributed by atoms with Crippen LogP contribution in [0.4, 0.5) is 17.2 Å². The summed E-state index contributed by atoms with van der Waals surface area (Å²) in [5.74, 6) is 0.763. The molecule has 2 aliphatic rings. The Labute approximate surface area is 183 Å². The summed E-state index contributed by atoms with van der Waals surface area (Å²) in [6.45, 7) is 9.15. The summed E-state index contributed by atoms with van der Waals surface area (Å²) < 4.78 is 0. The highest BCUT2D eigenvalue weighted by molar-refractivity contribution is 6.32. The van der Waals surface area contributed by atoms with E-state index in [9.17, 15) is 4.79 Å². The Hall–Kier alpha value is -2.31. The quantitative estimate of drug-likeness (QED) is 0.787. The number of anilines is 3. The molecule has 2 saturated heterocycles. The number of carbonyl (C=O) groups excluding carboxylic acids is 1. The fraction of sp³-hybridized carbons (Fsp3) is 0.478. The van der Waals surface area contributed by atoms with Crippen molar-refractivity contribution in [3.05, 3.63) is 47.6 Å². The van der Waals surface area contributed by atoms with E-state index in [2.05, 4.69) is 44.1 Å². The van der Waals surface area contributed by atoms with E-state index in [1.54, 1.807) is 6.20 Å². The van der Waals surface area contributed by atoms with Crippen LogP contribution in [-0.4, -0.2) is 61.6 Å². The van der Waals surface area contributed by atoms with Crippen LogP contribution in [0.2, 0.25) is 5.02 Å². The Kier molecular flexibility index (Phi) is 6.75. The molecule has 1 N–H and O–H groups in total. The van der Waals surface area contributed by atoms with Crippen molar-refractivity contribution in [2.75, 3.05) is 60.9 Å². The number of amides is 1. The Balaban J connectivity index is 1.34. The number of pyridine rings is 1. The third kappa shape index (κ3) is 4.87. The van der Waals surface area contributed by atoms with E-state index in [1.807, 2.05) is 24.3 Å². The minimum Gasteiger partial charge on any atom is -0.369 e. The number of aromatic nitrogens is 1. The molecule has 0 aliphatic carbocycles. The molecule has 1 amide bonds. The molecule has 0 spiro atoms. The molecule has 7 heteroatoms. The number of hydrogen-bond acceptors (Lipinski definition) is 5. The fourth-order valence-corrected chi connectivity index (χ4v) is 4.56. The first-order valence-corrected chi connectivity index (χ1v) is 11.3. The summed E-state index contributed by atoms with van der Waals surface area (Å²) >= 11 is 6.30. The second-order valence-corrected chi connectivity index (χ2v) is 8.46. The third-order valence-electron chi connectivity index (χ3n) is 6.15. The molecule has 0 saturated carbocycles. The van der Waals surface area contributed by atoms with Crippen molar-refractivity contribution in [1.82, 2.24) is 9.88 Å². The molecule has 6 nitrogen and oxygen atoms in total. The number of likely N-dealkylation sites (N-methyl/N-ethyl adjacent to an activating group) is 1. The average Bonchev–Trinajstić information content (AvgIpc) is 2.80. The monoisotopic (exact) mass is 427 g/mol. The number of benzene rings is 1. The number of piperazine rings is 1. The van der Waals surface area contributed by atoms with Crippen LogP contribution in [0.5, 0.6) is 0 Å². The first kappa shape index (κ1) is 20.9. The Morgan fingerprint density at radius 2 is 1.87 bits per heavy atom. The van der Waals surface area contributed by atoms with Gasteiger partial charge in [0.05, 0.1) is 10.9 Å². The summed E-state index contributed by atoms with van der Waals surface area (Å²) in [5, 5.41) is 3.73. The van der Waals surface area contributed by atoms with Crippen LogP contribution < -0.4 is 15.1 Å². The lowest BCUT2D eigenvalue weighted by molar-refractivity contribution is -0.120. The van der Waals surface area contributed by atoms with Gasteiger partial charge in [-0.3, -0.25) is 4.79 Å². The minimum atomic E-state index is -0.0707. The number of nitrogens with zero attached hydrogens (tertiary/aromatic N) is 4. The minimum absolute atomic E-state index is 0.0658. The molecule has 0 radical (unpaired) electrons. The summed E-state index contributed by atoms with van der Waals surface area (Å²) in [6, 6.07) is 11.9. The number of hydrogen-bond donors (Lipinski definition) is 1. The molecule has 2 aromatic rings. The zero-order chi connectivity index (χ0) is 20.9. The topological polar surface area (TPSA) is 51.7 Å². The lowest BCUT2D eigenvalue weighted by atomic mass is 9.97. The second-order valence-electron chi connectivity index (χ2n) is 8.05. The maximum atomic E-state index is 12.9. The molecule has 1 aromatic heterocycles. The number of rotatable bonds is 5. The largest absolute Gasteiger partial charge is 0.369 e. The fourth-order valence-electron chi connectivity index (χ4n) is 4.32. The molecule has 30 heavy (non-hydrogen) atoms. The van der Waals surface area contributed by atoms with Gasteiger partial charge in [0.1, 0.15) is 5.82 Å². The van der Waals surface area contributed by atoms with Crippen LogP contribution in [-0.2, 0) is 4.79 Å². The van der Waals surface area contributed by atoms with E-state index >= 15 is 0 Å². The van der Waals surface area contributed by atoms with Gasteiger partial charge in [0, 0.05) is 56.8 Å². The standard InChI is InChI=1S/C23H30ClN5O/c1-2-27-13-15-28(16-14-27)20-9-7-19(8-10-20)26-23(30)18-5-4-12-29(17-18)22-21(24)6-3-11-25-22/h3,6-11,18H,2,4-5,12-17H2,1H3,(H,26,30)/t18-/m1/s1. The highest BCUT2D eigenvalue weighted by Gasteiger charge is 2.27. The Bertz CT molecular complexity index is 851. The molecule has 3 heterocycles. The van der Waals surface area contributed by atoms with Crippen molar-refractivity contribution in [2.24, 2.45) is 5.92 Å². The van der Waals surface area contributed by atoms with Crippen molar-refractivity contribution in [2.45, 2.75) is 19.8 Å². The van der Waals surface area contributed by atoms with Gasteiger partial charge >= 0.3 is 0 Å². The molecule has 2 fully saturated rings. The summed E-state index contributed by atoms with van der Waals surface area (Å²) in [7, 11) is 0. The number of nitrogens with one attached hydrogen (secondary N) is 1. The molecule has 1 atom stereocenters. The lowest BCUT2D eigenvalue weighted by Gasteiger charge is -2.35. The van der Waals surface area contributed by atoms with Gasteiger partial charge in [-0.2, -0.15) is 0 Å². The number of carbonyl (C=O) groups is 1. The average molecular weight is 428 g/mol. The van der Waals surface area contributed by atoms with Gasteiger partial charge in [0.2, 0.25) is 5.91 Å². The number of halogens is 1. The molecule has 2 aliphatic heterocycles. The van der Waals surface area contributed by atoms with Crippen LogP contribution in [0.3, 0.4) is 0 Å². The summed E-state index contributed by atoms with van der Waals surface area (Å²) in [5.41, 5.74) is 2.07. The van der Waals surface area contributed by atoms with Crippen LogP contribution in [0.1, 0.15) is 19.8 Å². The molecular formula is C23H30ClN5O. The maximum absolute atomic E-state index is 12.9. The lowest BCUT2D eigenvalue weighted by Crippen LogP contribution is -2.46. The van der Waals surface area contributed by atoms with Crippen LogP contribution in [0.15, 0.2) is 42.6 Å². The third-order valence-corrected chi connectivity index (χ3v) is 6.45. The molecule has 1 aromatic carbocycles. The van der Waals surface area contributed by atoms with Gasteiger partial charge in [-0.15, -0.1) is 0 Å².